The second-order valence-corrected chi connectivity index (χ2v) is 10.5. The predicted octanol–water partition coefficient (Wildman–Crippen LogP) is 2.85. The maximum absolute atomic E-state index is 13.5. The van der Waals surface area contributed by atoms with Crippen molar-refractivity contribution < 1.29 is 30.8 Å². The Morgan fingerprint density at radius 1 is 1.00 bits per heavy atom. The van der Waals surface area contributed by atoms with Gasteiger partial charge in [0.05, 0.1) is 23.1 Å². The van der Waals surface area contributed by atoms with Crippen molar-refractivity contribution in [1.82, 2.24) is 14.9 Å². The SMILES string of the molecule is O=C(C1CCS(=O)(=O)CC1)N1CCN(c2ncc(C(F)(F)F)cn2)C[C@@H]1c1ccc(F)cc1. The Kier molecular flexibility index (Phi) is 6.30. The number of anilines is 1. The van der Waals surface area contributed by atoms with E-state index in [1.54, 1.807) is 21.9 Å². The van der Waals surface area contributed by atoms with E-state index in [0.29, 0.717) is 12.1 Å². The molecule has 7 nitrogen and oxygen atoms in total. The number of amides is 1. The fourth-order valence-electron chi connectivity index (χ4n) is 4.20. The number of carbonyl (C=O) groups excluding carboxylic acids is 1. The normalized spacial score (nSPS) is 21.8. The molecule has 0 bridgehead atoms. The first kappa shape index (κ1) is 23.4. The first-order chi connectivity index (χ1) is 15.5. The second-order valence-electron chi connectivity index (χ2n) is 8.24. The summed E-state index contributed by atoms with van der Waals surface area (Å²) in [7, 11) is -3.13. The lowest BCUT2D eigenvalue weighted by Gasteiger charge is -2.43. The van der Waals surface area contributed by atoms with Crippen LogP contribution < -0.4 is 4.90 Å². The molecule has 0 aliphatic carbocycles. The molecule has 33 heavy (non-hydrogen) atoms. The highest BCUT2D eigenvalue weighted by atomic mass is 32.2. The summed E-state index contributed by atoms with van der Waals surface area (Å²) in [5.41, 5.74) is -0.299. The summed E-state index contributed by atoms with van der Waals surface area (Å²) < 4.78 is 75.5. The Morgan fingerprint density at radius 2 is 1.61 bits per heavy atom. The molecule has 0 N–H and O–H groups in total. The van der Waals surface area contributed by atoms with Gasteiger partial charge in [-0.05, 0) is 30.5 Å². The number of nitrogens with zero attached hydrogens (tertiary/aromatic N) is 4. The highest BCUT2D eigenvalue weighted by molar-refractivity contribution is 7.91. The van der Waals surface area contributed by atoms with Crippen molar-refractivity contribution in [2.75, 3.05) is 36.0 Å². The Bertz CT molecular complexity index is 1090. The molecule has 2 saturated heterocycles. The third-order valence-electron chi connectivity index (χ3n) is 6.07. The van der Waals surface area contributed by atoms with Crippen molar-refractivity contribution in [2.24, 2.45) is 5.92 Å². The van der Waals surface area contributed by atoms with Crippen molar-refractivity contribution in [2.45, 2.75) is 25.1 Å². The van der Waals surface area contributed by atoms with E-state index in [2.05, 4.69) is 9.97 Å². The minimum Gasteiger partial charge on any atom is -0.337 e. The number of sulfone groups is 1. The van der Waals surface area contributed by atoms with Gasteiger partial charge in [0.25, 0.3) is 0 Å². The predicted molar refractivity (Wildman–Crippen MR) is 111 cm³/mol. The van der Waals surface area contributed by atoms with Gasteiger partial charge in [-0.25, -0.2) is 22.8 Å². The van der Waals surface area contributed by atoms with Crippen LogP contribution in [0.2, 0.25) is 0 Å². The molecule has 4 rings (SSSR count). The molecule has 12 heteroatoms. The van der Waals surface area contributed by atoms with Crippen LogP contribution in [0.1, 0.15) is 30.0 Å². The first-order valence-corrected chi connectivity index (χ1v) is 12.3. The molecule has 3 heterocycles. The Morgan fingerprint density at radius 3 is 2.18 bits per heavy atom. The quantitative estimate of drug-likeness (QED) is 0.621. The lowest BCUT2D eigenvalue weighted by molar-refractivity contribution is -0.139. The lowest BCUT2D eigenvalue weighted by atomic mass is 9.96. The van der Waals surface area contributed by atoms with E-state index in [4.69, 9.17) is 0 Å². The maximum atomic E-state index is 13.5. The molecule has 1 aromatic heterocycles. The molecule has 2 fully saturated rings. The van der Waals surface area contributed by atoms with Crippen molar-refractivity contribution in [3.63, 3.8) is 0 Å². The number of benzene rings is 1. The van der Waals surface area contributed by atoms with Gasteiger partial charge in [0.1, 0.15) is 15.7 Å². The van der Waals surface area contributed by atoms with Gasteiger partial charge in [0.15, 0.2) is 0 Å². The van der Waals surface area contributed by atoms with Crippen molar-refractivity contribution in [1.29, 1.82) is 0 Å². The Labute approximate surface area is 188 Å². The zero-order valence-electron chi connectivity index (χ0n) is 17.5. The number of halogens is 4. The van der Waals surface area contributed by atoms with E-state index in [-0.39, 0.29) is 49.3 Å². The lowest BCUT2D eigenvalue weighted by Crippen LogP contribution is -2.53. The van der Waals surface area contributed by atoms with Crippen LogP contribution in [0.25, 0.3) is 0 Å². The monoisotopic (exact) mass is 486 g/mol. The van der Waals surface area contributed by atoms with Crippen molar-refractivity contribution in [3.05, 3.63) is 53.6 Å². The second kappa shape index (κ2) is 8.88. The fraction of sp³-hybridized carbons (Fsp3) is 0.476. The molecule has 1 atom stereocenters. The third-order valence-corrected chi connectivity index (χ3v) is 7.79. The van der Waals surface area contributed by atoms with Crippen molar-refractivity contribution in [3.8, 4) is 0 Å². The number of hydrogen-bond donors (Lipinski definition) is 0. The van der Waals surface area contributed by atoms with Crippen LogP contribution in [-0.4, -0.2) is 60.3 Å². The van der Waals surface area contributed by atoms with E-state index in [9.17, 15) is 30.8 Å². The molecule has 1 amide bonds. The molecule has 2 aliphatic rings. The molecule has 0 spiro atoms. The Hall–Kier alpha value is -2.76. The molecule has 178 valence electrons. The minimum atomic E-state index is -4.55. The van der Waals surface area contributed by atoms with E-state index in [1.807, 2.05) is 0 Å². The minimum absolute atomic E-state index is 0.0377. The summed E-state index contributed by atoms with van der Waals surface area (Å²) in [6.07, 6.45) is -2.61. The van der Waals surface area contributed by atoms with Crippen LogP contribution in [0.3, 0.4) is 0 Å². The maximum Gasteiger partial charge on any atom is 0.419 e. The number of alkyl halides is 3. The van der Waals surface area contributed by atoms with Gasteiger partial charge in [-0.3, -0.25) is 4.79 Å². The van der Waals surface area contributed by atoms with Gasteiger partial charge in [-0.2, -0.15) is 13.2 Å². The Balaban J connectivity index is 1.57. The van der Waals surface area contributed by atoms with E-state index >= 15 is 0 Å². The van der Waals surface area contributed by atoms with Gasteiger partial charge >= 0.3 is 6.18 Å². The smallest absolute Gasteiger partial charge is 0.337 e. The molecular formula is C21H22F4N4O3S. The number of rotatable bonds is 3. The highest BCUT2D eigenvalue weighted by Gasteiger charge is 2.38. The third kappa shape index (κ3) is 5.26. The highest BCUT2D eigenvalue weighted by Crippen LogP contribution is 2.32. The van der Waals surface area contributed by atoms with Gasteiger partial charge in [-0.1, -0.05) is 12.1 Å². The van der Waals surface area contributed by atoms with Crippen LogP contribution in [0.15, 0.2) is 36.7 Å². The first-order valence-electron chi connectivity index (χ1n) is 10.4. The van der Waals surface area contributed by atoms with Crippen LogP contribution in [0.4, 0.5) is 23.5 Å². The van der Waals surface area contributed by atoms with Crippen LogP contribution in [0, 0.1) is 11.7 Å². The van der Waals surface area contributed by atoms with Crippen LogP contribution >= 0.6 is 0 Å². The fourth-order valence-corrected chi connectivity index (χ4v) is 5.69. The van der Waals surface area contributed by atoms with E-state index in [0.717, 1.165) is 12.4 Å². The summed E-state index contributed by atoms with van der Waals surface area (Å²) in [5.74, 6) is -1.01. The summed E-state index contributed by atoms with van der Waals surface area (Å²) in [6.45, 7) is 0.738. The molecule has 0 radical (unpaired) electrons. The van der Waals surface area contributed by atoms with Crippen LogP contribution in [0.5, 0.6) is 0 Å². The molecular weight excluding hydrogens is 464 g/mol. The number of hydrogen-bond acceptors (Lipinski definition) is 6. The summed E-state index contributed by atoms with van der Waals surface area (Å²) in [4.78, 5) is 24.3. The zero-order valence-corrected chi connectivity index (χ0v) is 18.3. The molecule has 1 aromatic carbocycles. The van der Waals surface area contributed by atoms with Gasteiger partial charge in [-0.15, -0.1) is 0 Å². The van der Waals surface area contributed by atoms with Gasteiger partial charge in [0.2, 0.25) is 11.9 Å². The molecule has 0 unspecified atom stereocenters. The zero-order chi connectivity index (χ0) is 23.8. The summed E-state index contributed by atoms with van der Waals surface area (Å²) in [6, 6.07) is 5.15. The number of aromatic nitrogens is 2. The van der Waals surface area contributed by atoms with Gasteiger partial charge < -0.3 is 9.80 Å². The van der Waals surface area contributed by atoms with E-state index in [1.165, 1.54) is 12.1 Å². The largest absolute Gasteiger partial charge is 0.419 e. The average molecular weight is 486 g/mol. The van der Waals surface area contributed by atoms with Crippen molar-refractivity contribution >= 4 is 21.7 Å². The average Bonchev–Trinajstić information content (AvgIpc) is 2.78. The molecule has 2 aromatic rings. The van der Waals surface area contributed by atoms with E-state index < -0.39 is 39.4 Å². The summed E-state index contributed by atoms with van der Waals surface area (Å²) >= 11 is 0. The summed E-state index contributed by atoms with van der Waals surface area (Å²) in [5, 5.41) is 0. The molecule has 2 aliphatic heterocycles. The number of carbonyl (C=O) groups is 1. The van der Waals surface area contributed by atoms with Gasteiger partial charge in [0, 0.05) is 37.9 Å². The topological polar surface area (TPSA) is 83.5 Å². The standard InChI is InChI=1S/C21H22F4N4O3S/c22-17-3-1-14(2-4-17)18-13-28(20-26-11-16(12-27-20)21(23,24)25)7-8-29(18)19(30)15-5-9-33(31,32)10-6-15/h1-4,11-12,15,18H,5-10,13H2/t18-/m1/s1. The van der Waals surface area contributed by atoms with Crippen LogP contribution in [-0.2, 0) is 20.8 Å². The molecule has 0 saturated carbocycles. The number of piperazine rings is 1.